The monoisotopic (exact) mass is 337 g/mol. The number of nitrogens with one attached hydrogen (secondary N) is 1. The topological polar surface area (TPSA) is 55.6 Å². The normalized spacial score (nSPS) is 11.7. The van der Waals surface area contributed by atoms with Crippen LogP contribution < -0.4 is 5.32 Å². The van der Waals surface area contributed by atoms with Crippen molar-refractivity contribution in [1.82, 2.24) is 19.7 Å². The summed E-state index contributed by atoms with van der Waals surface area (Å²) in [6.07, 6.45) is 4.69. The van der Waals surface area contributed by atoms with Crippen LogP contribution in [-0.4, -0.2) is 26.3 Å². The maximum Gasteiger partial charge on any atom is 0.159 e. The van der Waals surface area contributed by atoms with E-state index in [1.54, 1.807) is 10.9 Å². The zero-order chi connectivity index (χ0) is 14.8. The second-order valence-electron chi connectivity index (χ2n) is 5.71. The molecule has 0 unspecified atom stereocenters. The van der Waals surface area contributed by atoms with E-state index in [1.807, 2.05) is 12.3 Å². The molecule has 2 heterocycles. The van der Waals surface area contributed by atoms with Crippen LogP contribution in [0.5, 0.6) is 0 Å². The van der Waals surface area contributed by atoms with Crippen LogP contribution in [0.2, 0.25) is 0 Å². The highest BCUT2D eigenvalue weighted by atomic mass is 79.9. The van der Waals surface area contributed by atoms with E-state index in [2.05, 4.69) is 64.0 Å². The van der Waals surface area contributed by atoms with Gasteiger partial charge in [-0.3, -0.25) is 0 Å². The fourth-order valence-corrected chi connectivity index (χ4v) is 1.94. The molecule has 0 aliphatic heterocycles. The van der Waals surface area contributed by atoms with Crippen molar-refractivity contribution in [3.63, 3.8) is 0 Å². The molecule has 0 radical (unpaired) electrons. The summed E-state index contributed by atoms with van der Waals surface area (Å²) in [4.78, 5) is 9.22. The highest BCUT2D eigenvalue weighted by Gasteiger charge is 2.19. The fourth-order valence-electron chi connectivity index (χ4n) is 1.66. The zero-order valence-electron chi connectivity index (χ0n) is 12.3. The van der Waals surface area contributed by atoms with E-state index < -0.39 is 0 Å². The predicted molar refractivity (Wildman–Crippen MR) is 84.3 cm³/mol. The van der Waals surface area contributed by atoms with Gasteiger partial charge in [-0.1, -0.05) is 27.7 Å². The summed E-state index contributed by atoms with van der Waals surface area (Å²) in [5, 5.41) is 7.60. The Morgan fingerprint density at radius 2 is 2.05 bits per heavy atom. The molecule has 0 saturated heterocycles. The zero-order valence-corrected chi connectivity index (χ0v) is 13.9. The summed E-state index contributed by atoms with van der Waals surface area (Å²) in [6.45, 7) is 9.34. The van der Waals surface area contributed by atoms with Crippen LogP contribution in [0, 0.1) is 0 Å². The molecule has 0 aliphatic carbocycles. The van der Waals surface area contributed by atoms with Gasteiger partial charge < -0.3 is 5.32 Å². The van der Waals surface area contributed by atoms with Crippen LogP contribution in [-0.2, 0) is 5.41 Å². The molecule has 6 heteroatoms. The van der Waals surface area contributed by atoms with E-state index in [1.165, 1.54) is 0 Å². The highest BCUT2D eigenvalue weighted by molar-refractivity contribution is 9.10. The molecule has 0 aliphatic rings. The van der Waals surface area contributed by atoms with E-state index in [0.29, 0.717) is 0 Å². The molecular formula is C14H20BrN5. The predicted octanol–water partition coefficient (Wildman–Crippen LogP) is 3.54. The average molecular weight is 338 g/mol. The fraction of sp³-hybridized carbons (Fsp3) is 0.500. The third-order valence-electron chi connectivity index (χ3n) is 2.73. The first-order chi connectivity index (χ1) is 9.40. The molecular weight excluding hydrogens is 318 g/mol. The molecule has 0 bridgehead atoms. The van der Waals surface area contributed by atoms with E-state index in [4.69, 9.17) is 0 Å². The Bertz CT molecular complexity index is 585. The summed E-state index contributed by atoms with van der Waals surface area (Å²) < 4.78 is 2.68. The van der Waals surface area contributed by atoms with Gasteiger partial charge in [0.15, 0.2) is 5.82 Å². The minimum atomic E-state index is -0.108. The van der Waals surface area contributed by atoms with Crippen molar-refractivity contribution in [1.29, 1.82) is 0 Å². The Kier molecular flexibility index (Phi) is 4.42. The molecule has 1 N–H and O–H groups in total. The lowest BCUT2D eigenvalue weighted by Gasteiger charge is -2.18. The van der Waals surface area contributed by atoms with Gasteiger partial charge in [0.2, 0.25) is 0 Å². The standard InChI is InChI=1S/C14H20BrN5/c1-5-6-16-11-7-12(20-9-10(15)8-17-20)19-13(18-11)14(2,3)4/h7-9H,5-6H2,1-4H3,(H,16,18,19). The Morgan fingerprint density at radius 1 is 1.30 bits per heavy atom. The van der Waals surface area contributed by atoms with Gasteiger partial charge in [-0.25, -0.2) is 14.6 Å². The number of aromatic nitrogens is 4. The SMILES string of the molecule is CCCNc1cc(-n2cc(Br)cn2)nc(C(C)(C)C)n1. The van der Waals surface area contributed by atoms with Gasteiger partial charge in [0.05, 0.1) is 10.7 Å². The number of hydrogen-bond acceptors (Lipinski definition) is 4. The van der Waals surface area contributed by atoms with Gasteiger partial charge in [-0.2, -0.15) is 5.10 Å². The molecule has 0 fully saturated rings. The first-order valence-corrected chi connectivity index (χ1v) is 7.53. The largest absolute Gasteiger partial charge is 0.370 e. The molecule has 5 nitrogen and oxygen atoms in total. The van der Waals surface area contributed by atoms with Crippen molar-refractivity contribution in [3.05, 3.63) is 28.8 Å². The van der Waals surface area contributed by atoms with E-state index in [-0.39, 0.29) is 5.41 Å². The van der Waals surface area contributed by atoms with Crippen LogP contribution >= 0.6 is 15.9 Å². The van der Waals surface area contributed by atoms with Crippen LogP contribution in [0.25, 0.3) is 5.82 Å². The van der Waals surface area contributed by atoms with E-state index in [9.17, 15) is 0 Å². The van der Waals surface area contributed by atoms with Crippen molar-refractivity contribution in [2.75, 3.05) is 11.9 Å². The molecule has 108 valence electrons. The summed E-state index contributed by atoms with van der Waals surface area (Å²) in [7, 11) is 0. The third-order valence-corrected chi connectivity index (χ3v) is 3.13. The molecule has 20 heavy (non-hydrogen) atoms. The van der Waals surface area contributed by atoms with Crippen LogP contribution in [0.15, 0.2) is 22.9 Å². The average Bonchev–Trinajstić information content (AvgIpc) is 2.82. The lowest BCUT2D eigenvalue weighted by Crippen LogP contribution is -2.19. The van der Waals surface area contributed by atoms with Crippen LogP contribution in [0.4, 0.5) is 5.82 Å². The lowest BCUT2D eigenvalue weighted by atomic mass is 9.96. The Labute approximate surface area is 128 Å². The molecule has 0 saturated carbocycles. The summed E-state index contributed by atoms with van der Waals surface area (Å²) in [5.74, 6) is 2.42. The van der Waals surface area contributed by atoms with E-state index in [0.717, 1.165) is 34.9 Å². The van der Waals surface area contributed by atoms with Gasteiger partial charge in [0, 0.05) is 24.2 Å². The van der Waals surface area contributed by atoms with Crippen molar-refractivity contribution in [2.24, 2.45) is 0 Å². The molecule has 0 aromatic carbocycles. The quantitative estimate of drug-likeness (QED) is 0.926. The number of rotatable bonds is 4. The Balaban J connectivity index is 2.45. The minimum absolute atomic E-state index is 0.108. The molecule has 0 atom stereocenters. The maximum absolute atomic E-state index is 4.62. The molecule has 2 aromatic rings. The molecule has 0 spiro atoms. The van der Waals surface area contributed by atoms with Crippen molar-refractivity contribution < 1.29 is 0 Å². The van der Waals surface area contributed by atoms with E-state index >= 15 is 0 Å². The van der Waals surface area contributed by atoms with Gasteiger partial charge in [0.25, 0.3) is 0 Å². The number of nitrogens with zero attached hydrogens (tertiary/aromatic N) is 4. The maximum atomic E-state index is 4.62. The summed E-state index contributed by atoms with van der Waals surface area (Å²) in [5.41, 5.74) is -0.108. The lowest BCUT2D eigenvalue weighted by molar-refractivity contribution is 0.542. The second kappa shape index (κ2) is 5.91. The minimum Gasteiger partial charge on any atom is -0.370 e. The summed E-state index contributed by atoms with van der Waals surface area (Å²) in [6, 6.07) is 1.92. The third kappa shape index (κ3) is 3.56. The van der Waals surface area contributed by atoms with Gasteiger partial charge in [0.1, 0.15) is 11.6 Å². The smallest absolute Gasteiger partial charge is 0.159 e. The Hall–Kier alpha value is -1.43. The van der Waals surface area contributed by atoms with Crippen molar-refractivity contribution in [3.8, 4) is 5.82 Å². The number of hydrogen-bond donors (Lipinski definition) is 1. The van der Waals surface area contributed by atoms with Gasteiger partial charge in [-0.05, 0) is 22.4 Å². The molecule has 2 aromatic heterocycles. The highest BCUT2D eigenvalue weighted by Crippen LogP contribution is 2.22. The summed E-state index contributed by atoms with van der Waals surface area (Å²) >= 11 is 3.41. The van der Waals surface area contributed by atoms with Crippen LogP contribution in [0.3, 0.4) is 0 Å². The second-order valence-corrected chi connectivity index (χ2v) is 6.63. The van der Waals surface area contributed by atoms with Crippen molar-refractivity contribution >= 4 is 21.7 Å². The van der Waals surface area contributed by atoms with Crippen molar-refractivity contribution in [2.45, 2.75) is 39.5 Å². The van der Waals surface area contributed by atoms with Gasteiger partial charge >= 0.3 is 0 Å². The first kappa shape index (κ1) is 15.0. The molecule has 0 amide bonds. The Morgan fingerprint density at radius 3 is 2.60 bits per heavy atom. The number of halogens is 1. The number of anilines is 1. The van der Waals surface area contributed by atoms with Gasteiger partial charge in [-0.15, -0.1) is 0 Å². The molecule has 2 rings (SSSR count). The first-order valence-electron chi connectivity index (χ1n) is 6.74. The van der Waals surface area contributed by atoms with Crippen LogP contribution in [0.1, 0.15) is 39.9 Å².